The number of anilines is 1. The quantitative estimate of drug-likeness (QED) is 0.0623. The molecule has 20 rings (SSSR count). The Morgan fingerprint density at radius 1 is 0.414 bits per heavy atom. The van der Waals surface area contributed by atoms with Crippen LogP contribution in [0, 0.1) is 41.5 Å². The smallest absolute Gasteiger partial charge is 0.296 e. The number of rotatable bonds is 12. The summed E-state index contributed by atoms with van der Waals surface area (Å²) >= 11 is 5.25. The molecule has 8 heterocycles. The lowest BCUT2D eigenvalue weighted by atomic mass is 10.1. The number of benzene rings is 12. The van der Waals surface area contributed by atoms with Crippen LogP contribution in [-0.4, -0.2) is 106 Å². The zero-order valence-electron chi connectivity index (χ0n) is 75.6. The molecule has 0 aliphatic carbocycles. The van der Waals surface area contributed by atoms with Gasteiger partial charge in [-0.25, -0.2) is 54.3 Å². The summed E-state index contributed by atoms with van der Waals surface area (Å²) in [5.74, 6) is 2.00. The highest BCUT2D eigenvalue weighted by Gasteiger charge is 2.25. The maximum absolute atomic E-state index is 11.1. The molecule has 133 heavy (non-hydrogen) atoms. The van der Waals surface area contributed by atoms with Crippen LogP contribution in [-0.2, 0) is 65.8 Å². The molecule has 0 spiro atoms. The number of thiazole rings is 2. The van der Waals surface area contributed by atoms with E-state index >= 15 is 0 Å². The summed E-state index contributed by atoms with van der Waals surface area (Å²) in [6.45, 7) is 21.6. The fourth-order valence-corrected chi connectivity index (χ4v) is 18.7. The van der Waals surface area contributed by atoms with Gasteiger partial charge in [-0.3, -0.25) is 4.18 Å². The van der Waals surface area contributed by atoms with Crippen LogP contribution in [0.25, 0.3) is 116 Å². The molecule has 31 heteroatoms. The Morgan fingerprint density at radius 2 is 0.820 bits per heavy atom. The van der Waals surface area contributed by atoms with Gasteiger partial charge in [0.2, 0.25) is 39.2 Å². The first-order chi connectivity index (χ1) is 63.5. The lowest BCUT2D eigenvalue weighted by molar-refractivity contribution is -0.646. The molecule has 0 bridgehead atoms. The highest BCUT2D eigenvalue weighted by Crippen LogP contribution is 2.48. The molecule has 0 amide bonds. The molecule has 0 radical (unpaired) electrons. The maximum atomic E-state index is 11.1. The van der Waals surface area contributed by atoms with E-state index in [1.807, 2.05) is 120 Å². The van der Waals surface area contributed by atoms with Crippen molar-refractivity contribution in [2.75, 3.05) is 38.7 Å². The summed E-state index contributed by atoms with van der Waals surface area (Å²) in [7, 11) is -6.82. The summed E-state index contributed by atoms with van der Waals surface area (Å²) in [6.07, 6.45) is 6.45. The number of hydrogen-bond acceptors (Lipinski definition) is 24. The second-order valence-electron chi connectivity index (χ2n) is 30.5. The molecular formula is C102H99N9O15S7. The monoisotopic (exact) mass is 1910 g/mol. The van der Waals surface area contributed by atoms with Gasteiger partial charge in [0, 0.05) is 71.3 Å². The van der Waals surface area contributed by atoms with Crippen LogP contribution in [0.2, 0.25) is 0 Å². The molecule has 19 aromatic rings. The lowest BCUT2D eigenvalue weighted by Crippen LogP contribution is -2.28. The zero-order valence-corrected chi connectivity index (χ0v) is 81.3. The highest BCUT2D eigenvalue weighted by molar-refractivity contribution is 8.04. The molecule has 0 N–H and O–H groups in total. The summed E-state index contributed by atoms with van der Waals surface area (Å²) in [5.41, 5.74) is 19.1. The fourth-order valence-electron chi connectivity index (χ4n) is 13.5. The van der Waals surface area contributed by atoms with Crippen LogP contribution in [0.15, 0.2) is 346 Å². The van der Waals surface area contributed by atoms with Crippen LogP contribution in [0.5, 0.6) is 0 Å². The number of hydrogen-bond donors (Lipinski definition) is 0. The Morgan fingerprint density at radius 3 is 1.27 bits per heavy atom. The van der Waals surface area contributed by atoms with E-state index in [0.29, 0.717) is 17.7 Å². The third-order valence-corrected chi connectivity index (χ3v) is 28.1. The molecule has 24 nitrogen and oxygen atoms in total. The summed E-state index contributed by atoms with van der Waals surface area (Å²) < 4.78 is 146. The van der Waals surface area contributed by atoms with Crippen molar-refractivity contribution in [1.82, 2.24) is 24.8 Å². The molecule has 1 aliphatic rings. The number of aryl methyl sites for hydroxylation is 9. The van der Waals surface area contributed by atoms with E-state index in [4.69, 9.17) is 13.3 Å². The van der Waals surface area contributed by atoms with Crippen molar-refractivity contribution in [1.29, 1.82) is 0 Å². The summed E-state index contributed by atoms with van der Waals surface area (Å²) in [5, 5.41) is 6.10. The zero-order chi connectivity index (χ0) is 95.5. The molecule has 0 atom stereocenters. The number of para-hydroxylation sites is 8. The summed E-state index contributed by atoms with van der Waals surface area (Å²) in [4.78, 5) is 23.7. The number of fused-ring (bicyclic) bond motifs is 8. The van der Waals surface area contributed by atoms with E-state index in [0.717, 1.165) is 94.6 Å². The Bertz CT molecular complexity index is 7510. The topological polar surface area (TPSA) is 324 Å². The number of aromatic nitrogens is 7. The molecule has 7 aromatic heterocycles. The molecule has 684 valence electrons. The van der Waals surface area contributed by atoms with Crippen molar-refractivity contribution in [3.8, 4) is 34.4 Å². The van der Waals surface area contributed by atoms with Crippen LogP contribution in [0.1, 0.15) is 58.6 Å². The molecule has 0 saturated heterocycles. The van der Waals surface area contributed by atoms with Crippen molar-refractivity contribution >= 4 is 162 Å². The predicted molar refractivity (Wildman–Crippen MR) is 526 cm³/mol. The largest absolute Gasteiger partial charge is 0.744 e. The number of oxazole rings is 3. The standard InChI is InChI=1S/C26H20N3OS.C16H13N2OS.C15H10N2OS.C10H10N.C8H10O3S.3C7H8O3S.C6H15N/c1-28-14-13-17(19-7-3-5-9-21(19)28)16-25-29(2)22-12-11-18(15-24(22)31-25)26-27-20-8-4-6-10-23(20)30-26;1-10-18(2)13-8-7-11(9-15(13)20-10)16-17-12-5-3-4-6-14(12)19-16;1-9-16-12-7-6-10(8-14(12)19-9)15-17-11-4-2-3-5-13(11)18-15;1-11-8-4-6-9-5-2-3-7-10(9)11;1-7-3-5-8(6-4-7)12(9,10)11-2;3*1-6-2-4-7(5-3-6)11(8,9)10;1-4-7(5-2)6-3/h3-16H,1-2H3;3-9H,1-2H3;2-8H,1H3;2-8H,1H3;3-6H,1-2H3;3*2-5H,1H3,(H,8,9,10);4-6H2,1-3H3/q2*+1;;+1;;;;;/p-3. The predicted octanol–water partition coefficient (Wildman–Crippen LogP) is 21.3. The Labute approximate surface area is 786 Å². The van der Waals surface area contributed by atoms with Crippen molar-refractivity contribution in [2.24, 2.45) is 21.1 Å². The van der Waals surface area contributed by atoms with E-state index in [1.165, 1.54) is 126 Å². The molecule has 0 unspecified atom stereocenters. The van der Waals surface area contributed by atoms with Crippen molar-refractivity contribution in [2.45, 2.75) is 86.8 Å². The first-order valence-electron chi connectivity index (χ1n) is 42.0. The first-order valence-corrected chi connectivity index (χ1v) is 50.1. The second kappa shape index (κ2) is 44.6. The molecule has 1 aliphatic heterocycles. The molecule has 0 fully saturated rings. The van der Waals surface area contributed by atoms with E-state index < -0.39 is 40.5 Å². The maximum Gasteiger partial charge on any atom is 0.296 e. The van der Waals surface area contributed by atoms with E-state index in [9.17, 15) is 47.3 Å². The van der Waals surface area contributed by atoms with E-state index in [1.54, 1.807) is 83.0 Å². The van der Waals surface area contributed by atoms with Crippen molar-refractivity contribution in [3.05, 3.63) is 346 Å². The van der Waals surface area contributed by atoms with Crippen LogP contribution in [0.3, 0.4) is 0 Å². The Kier molecular flexibility index (Phi) is 33.2. The number of nitrogens with zero attached hydrogens (tertiary/aromatic N) is 9. The van der Waals surface area contributed by atoms with E-state index in [-0.39, 0.29) is 19.6 Å². The van der Waals surface area contributed by atoms with Crippen molar-refractivity contribution < 1.29 is 78.5 Å². The second-order valence-corrected chi connectivity index (χ2v) is 39.9. The average molecular weight is 1920 g/mol. The van der Waals surface area contributed by atoms with Gasteiger partial charge in [-0.05, 0) is 218 Å². The third-order valence-electron chi connectivity index (χ3n) is 21.1. The Hall–Kier alpha value is -12.9. The molecule has 12 aromatic carbocycles. The van der Waals surface area contributed by atoms with Crippen LogP contribution < -0.4 is 18.6 Å². The fraction of sp³-hybridized carbons (Fsp3) is 0.167. The van der Waals surface area contributed by atoms with Gasteiger partial charge in [0.25, 0.3) is 10.1 Å². The minimum absolute atomic E-state index is 0.178. The summed E-state index contributed by atoms with van der Waals surface area (Å²) in [6, 6.07) is 89.5. The van der Waals surface area contributed by atoms with Gasteiger partial charge in [0.1, 0.15) is 72.7 Å². The minimum Gasteiger partial charge on any atom is -0.744 e. The number of thioether (sulfide) groups is 1. The number of pyridine rings is 2. The average Bonchev–Trinajstić information content (AvgIpc) is 1.73. The SMILES string of the molecule is CCN(CC)CC.CN1/C(=C/c2cc[n+](C)c3ccccc23)Sc2cc(-c3nc4ccccc4o3)ccc21.COS(=O)(=O)c1ccc(C)cc1.C[n+]1cccc2ccccc21.Cc1ccc(S(=O)(=O)[O-])cc1.Cc1ccc(S(=O)(=O)[O-])cc1.Cc1ccc(S(=O)(=O)[O-])cc1.Cc1nc2ccc(-c3nc4ccccc4o3)cc2s1.Cc1sc2cc(-c3nc4ccccc4o3)ccc2[n+]1C. The van der Waals surface area contributed by atoms with Gasteiger partial charge in [-0.1, -0.05) is 175 Å². The van der Waals surface area contributed by atoms with Gasteiger partial charge in [-0.2, -0.15) is 13.0 Å². The third kappa shape index (κ3) is 26.3. The molecular weight excluding hydrogens is 1820 g/mol. The van der Waals surface area contributed by atoms with E-state index in [2.05, 4.69) is 231 Å². The Balaban J connectivity index is 0.000000140. The lowest BCUT2D eigenvalue weighted by Gasteiger charge is -2.13. The molecule has 0 saturated carbocycles. The minimum atomic E-state index is -4.27. The van der Waals surface area contributed by atoms with Gasteiger partial charge in [0.05, 0.1) is 58.0 Å². The normalized spacial score (nSPS) is 12.0. The van der Waals surface area contributed by atoms with Crippen LogP contribution in [0.4, 0.5) is 5.69 Å². The van der Waals surface area contributed by atoms with Gasteiger partial charge in [-0.15, -0.1) is 11.3 Å². The highest BCUT2D eigenvalue weighted by atomic mass is 32.2. The first kappa shape index (κ1) is 99.2. The van der Waals surface area contributed by atoms with Crippen molar-refractivity contribution in [3.63, 3.8) is 0 Å². The van der Waals surface area contributed by atoms with Gasteiger partial charge >= 0.3 is 0 Å². The van der Waals surface area contributed by atoms with Gasteiger partial charge in [0.15, 0.2) is 29.1 Å². The van der Waals surface area contributed by atoms with Crippen LogP contribution >= 0.6 is 34.4 Å². The van der Waals surface area contributed by atoms with Gasteiger partial charge < -0.3 is 36.7 Å².